The number of nitrogens with one attached hydrogen (secondary N) is 1. The van der Waals surface area contributed by atoms with Gasteiger partial charge in [0.1, 0.15) is 0 Å². The van der Waals surface area contributed by atoms with Gasteiger partial charge in [-0.2, -0.15) is 0 Å². The monoisotopic (exact) mass is 371 g/mol. The summed E-state index contributed by atoms with van der Waals surface area (Å²) < 4.78 is 0. The lowest BCUT2D eigenvalue weighted by atomic mass is 9.98. The molecule has 1 aromatic heterocycles. The molecule has 1 saturated heterocycles. The third-order valence-electron chi connectivity index (χ3n) is 4.95. The van der Waals surface area contributed by atoms with E-state index in [9.17, 15) is 4.79 Å². The van der Waals surface area contributed by atoms with Crippen molar-refractivity contribution in [1.82, 2.24) is 15.2 Å². The molecule has 0 aliphatic carbocycles. The highest BCUT2D eigenvalue weighted by molar-refractivity contribution is 7.09. The first-order chi connectivity index (χ1) is 12.4. The minimum atomic E-state index is 0.0933. The van der Waals surface area contributed by atoms with Gasteiger partial charge in [0, 0.05) is 36.5 Å². The van der Waals surface area contributed by atoms with Crippen molar-refractivity contribution in [1.29, 1.82) is 0 Å². The van der Waals surface area contributed by atoms with E-state index in [-0.39, 0.29) is 11.4 Å². The Morgan fingerprint density at radius 3 is 2.58 bits per heavy atom. The van der Waals surface area contributed by atoms with Crippen LogP contribution in [0.25, 0.3) is 0 Å². The molecule has 1 aromatic carbocycles. The van der Waals surface area contributed by atoms with Crippen LogP contribution in [0.2, 0.25) is 0 Å². The van der Waals surface area contributed by atoms with Crippen LogP contribution in [0.3, 0.4) is 0 Å². The van der Waals surface area contributed by atoms with Gasteiger partial charge in [0.15, 0.2) is 0 Å². The van der Waals surface area contributed by atoms with E-state index in [1.807, 2.05) is 23.6 Å². The van der Waals surface area contributed by atoms with Crippen LogP contribution < -0.4 is 5.32 Å². The number of benzene rings is 1. The van der Waals surface area contributed by atoms with E-state index >= 15 is 0 Å². The van der Waals surface area contributed by atoms with E-state index in [4.69, 9.17) is 0 Å². The molecule has 2 aromatic rings. The summed E-state index contributed by atoms with van der Waals surface area (Å²) in [4.78, 5) is 19.5. The topological polar surface area (TPSA) is 45.2 Å². The largest absolute Gasteiger partial charge is 0.353 e. The van der Waals surface area contributed by atoms with Crippen LogP contribution in [0.5, 0.6) is 0 Å². The number of amides is 1. The number of piperidine rings is 1. The summed E-state index contributed by atoms with van der Waals surface area (Å²) in [6.07, 6.45) is 3.27. The van der Waals surface area contributed by atoms with Gasteiger partial charge in [0.05, 0.1) is 17.1 Å². The number of thiazole rings is 1. The van der Waals surface area contributed by atoms with E-state index in [1.165, 1.54) is 5.56 Å². The summed E-state index contributed by atoms with van der Waals surface area (Å²) in [7, 11) is 0. The molecular formula is C21H29N3OS. The highest BCUT2D eigenvalue weighted by Gasteiger charge is 2.27. The molecule has 1 N–H and O–H groups in total. The Morgan fingerprint density at radius 1 is 1.23 bits per heavy atom. The number of aromatic nitrogens is 1. The molecule has 5 heteroatoms. The Balaban J connectivity index is 1.46. The van der Waals surface area contributed by atoms with Crippen molar-refractivity contribution >= 4 is 17.2 Å². The van der Waals surface area contributed by atoms with Crippen molar-refractivity contribution in [2.75, 3.05) is 13.1 Å². The molecule has 0 spiro atoms. The molecule has 4 nitrogen and oxygen atoms in total. The fraction of sp³-hybridized carbons (Fsp3) is 0.524. The van der Waals surface area contributed by atoms with Crippen LogP contribution in [0.1, 0.15) is 49.9 Å². The molecule has 0 unspecified atom stereocenters. The first-order valence-electron chi connectivity index (χ1n) is 9.42. The SMILES string of the molecule is CC(C)(C)N1CCC(NC(=O)Cc2csc(Cc3ccccc3)n2)CC1. The van der Waals surface area contributed by atoms with Gasteiger partial charge in [-0.15, -0.1) is 11.3 Å². The lowest BCUT2D eigenvalue weighted by Gasteiger charge is -2.41. The van der Waals surface area contributed by atoms with Crippen LogP contribution in [-0.4, -0.2) is 40.5 Å². The molecule has 26 heavy (non-hydrogen) atoms. The quantitative estimate of drug-likeness (QED) is 0.872. The molecule has 1 amide bonds. The van der Waals surface area contributed by atoms with Gasteiger partial charge < -0.3 is 5.32 Å². The summed E-state index contributed by atoms with van der Waals surface area (Å²) in [6.45, 7) is 8.85. The molecule has 2 heterocycles. The average Bonchev–Trinajstić information content (AvgIpc) is 3.02. The Labute approximate surface area is 160 Å². The van der Waals surface area contributed by atoms with Crippen molar-refractivity contribution in [2.24, 2.45) is 0 Å². The standard InChI is InChI=1S/C21H29N3OS/c1-21(2,3)24-11-9-17(10-12-24)22-19(25)14-18-15-26-20(23-18)13-16-7-5-4-6-8-16/h4-8,15,17H,9-14H2,1-3H3,(H,22,25). The van der Waals surface area contributed by atoms with E-state index in [2.05, 4.69) is 48.1 Å². The summed E-state index contributed by atoms with van der Waals surface area (Å²) >= 11 is 1.64. The van der Waals surface area contributed by atoms with Gasteiger partial charge >= 0.3 is 0 Å². The zero-order chi connectivity index (χ0) is 18.6. The fourth-order valence-corrected chi connectivity index (χ4v) is 4.25. The third-order valence-corrected chi connectivity index (χ3v) is 5.85. The fourth-order valence-electron chi connectivity index (χ4n) is 3.42. The molecule has 1 aliphatic rings. The van der Waals surface area contributed by atoms with Crippen LogP contribution in [0, 0.1) is 0 Å². The maximum atomic E-state index is 12.4. The van der Waals surface area contributed by atoms with Crippen LogP contribution >= 0.6 is 11.3 Å². The second-order valence-electron chi connectivity index (χ2n) is 8.07. The highest BCUT2D eigenvalue weighted by atomic mass is 32.1. The maximum Gasteiger partial charge on any atom is 0.226 e. The predicted octanol–water partition coefficient (Wildman–Crippen LogP) is 3.66. The van der Waals surface area contributed by atoms with E-state index in [0.29, 0.717) is 12.5 Å². The molecule has 0 bridgehead atoms. The summed E-state index contributed by atoms with van der Waals surface area (Å²) in [5, 5.41) is 6.28. The maximum absolute atomic E-state index is 12.4. The first kappa shape index (κ1) is 19.1. The Hall–Kier alpha value is -1.72. The molecule has 3 rings (SSSR count). The minimum Gasteiger partial charge on any atom is -0.353 e. The van der Waals surface area contributed by atoms with Gasteiger partial charge in [-0.3, -0.25) is 9.69 Å². The van der Waals surface area contributed by atoms with Crippen molar-refractivity contribution in [3.8, 4) is 0 Å². The molecule has 140 valence electrons. The van der Waals surface area contributed by atoms with Crippen molar-refractivity contribution in [2.45, 2.75) is 58.0 Å². The number of hydrogen-bond acceptors (Lipinski definition) is 4. The third kappa shape index (κ3) is 5.39. The van der Waals surface area contributed by atoms with E-state index in [0.717, 1.165) is 43.1 Å². The smallest absolute Gasteiger partial charge is 0.226 e. The molecule has 0 radical (unpaired) electrons. The van der Waals surface area contributed by atoms with Crippen molar-refractivity contribution in [3.05, 3.63) is 52.0 Å². The number of carbonyl (C=O) groups is 1. The summed E-state index contributed by atoms with van der Waals surface area (Å²) in [5.74, 6) is 0.0933. The lowest BCUT2D eigenvalue weighted by molar-refractivity contribution is -0.121. The zero-order valence-electron chi connectivity index (χ0n) is 16.0. The second kappa shape index (κ2) is 8.31. The average molecular weight is 372 g/mol. The molecule has 0 saturated carbocycles. The van der Waals surface area contributed by atoms with E-state index in [1.54, 1.807) is 11.3 Å². The summed E-state index contributed by atoms with van der Waals surface area (Å²) in [6, 6.07) is 10.6. The van der Waals surface area contributed by atoms with Gasteiger partial charge in [-0.05, 0) is 39.2 Å². The number of rotatable bonds is 5. The van der Waals surface area contributed by atoms with Crippen LogP contribution in [0.4, 0.5) is 0 Å². The first-order valence-corrected chi connectivity index (χ1v) is 10.3. The molecule has 0 atom stereocenters. The molecular weight excluding hydrogens is 342 g/mol. The predicted molar refractivity (Wildman–Crippen MR) is 108 cm³/mol. The van der Waals surface area contributed by atoms with Crippen molar-refractivity contribution < 1.29 is 4.79 Å². The highest BCUT2D eigenvalue weighted by Crippen LogP contribution is 2.20. The lowest BCUT2D eigenvalue weighted by Crippen LogP contribution is -2.51. The van der Waals surface area contributed by atoms with Crippen LogP contribution in [0.15, 0.2) is 35.7 Å². The zero-order valence-corrected chi connectivity index (χ0v) is 16.8. The van der Waals surface area contributed by atoms with Gasteiger partial charge in [0.25, 0.3) is 0 Å². The Bertz CT molecular complexity index is 712. The number of hydrogen-bond donors (Lipinski definition) is 1. The van der Waals surface area contributed by atoms with Crippen LogP contribution in [-0.2, 0) is 17.6 Å². The molecule has 1 aliphatic heterocycles. The van der Waals surface area contributed by atoms with Gasteiger partial charge in [-0.1, -0.05) is 30.3 Å². The number of nitrogens with zero attached hydrogens (tertiary/aromatic N) is 2. The Morgan fingerprint density at radius 2 is 1.92 bits per heavy atom. The van der Waals surface area contributed by atoms with E-state index < -0.39 is 0 Å². The van der Waals surface area contributed by atoms with Gasteiger partial charge in [0.2, 0.25) is 5.91 Å². The number of carbonyl (C=O) groups excluding carboxylic acids is 1. The normalized spacial score (nSPS) is 16.6. The minimum absolute atomic E-state index is 0.0933. The Kier molecular flexibility index (Phi) is 6.09. The summed E-state index contributed by atoms with van der Waals surface area (Å²) in [5.41, 5.74) is 2.35. The van der Waals surface area contributed by atoms with Gasteiger partial charge in [-0.25, -0.2) is 4.98 Å². The molecule has 1 fully saturated rings. The van der Waals surface area contributed by atoms with Crippen molar-refractivity contribution in [3.63, 3.8) is 0 Å². The number of likely N-dealkylation sites (tertiary alicyclic amines) is 1. The second-order valence-corrected chi connectivity index (χ2v) is 9.01.